The normalized spacial score (nSPS) is 11.0. The molecule has 0 fully saturated rings. The van der Waals surface area contributed by atoms with Gasteiger partial charge < -0.3 is 0 Å². The van der Waals surface area contributed by atoms with Gasteiger partial charge in [0.05, 0.1) is 5.75 Å². The second-order valence-corrected chi connectivity index (χ2v) is 6.03. The number of aryl methyl sites for hydroxylation is 3. The van der Waals surface area contributed by atoms with Crippen molar-refractivity contribution < 1.29 is 4.79 Å². The van der Waals surface area contributed by atoms with Gasteiger partial charge in [0, 0.05) is 11.4 Å². The van der Waals surface area contributed by atoms with E-state index in [-0.39, 0.29) is 34.0 Å². The number of carbonyl (C=O) groups is 1. The molecule has 0 aliphatic heterocycles. The number of rotatable bonds is 4. The van der Waals surface area contributed by atoms with Gasteiger partial charge >= 0.3 is 0 Å². The summed E-state index contributed by atoms with van der Waals surface area (Å²) in [5, 5.41) is 14.6. The highest BCUT2D eigenvalue weighted by atomic mass is 32.2. The highest BCUT2D eigenvalue weighted by Crippen LogP contribution is 2.11. The van der Waals surface area contributed by atoms with Crippen LogP contribution in [-0.4, -0.2) is 46.4 Å². The van der Waals surface area contributed by atoms with Crippen LogP contribution in [-0.2, 0) is 4.79 Å². The zero-order valence-electron chi connectivity index (χ0n) is 13.2. The molecule has 0 bridgehead atoms. The van der Waals surface area contributed by atoms with E-state index in [4.69, 9.17) is 0 Å². The van der Waals surface area contributed by atoms with Crippen LogP contribution < -0.4 is 10.9 Å². The van der Waals surface area contributed by atoms with E-state index < -0.39 is 0 Å². The van der Waals surface area contributed by atoms with Crippen LogP contribution in [0.2, 0.25) is 0 Å². The molecule has 124 valence electrons. The van der Waals surface area contributed by atoms with Crippen molar-refractivity contribution in [3.05, 3.63) is 33.5 Å². The second-order valence-electron chi connectivity index (χ2n) is 5.07. The average molecular weight is 346 g/mol. The summed E-state index contributed by atoms with van der Waals surface area (Å²) in [5.41, 5.74) is 1.64. The average Bonchev–Trinajstić information content (AvgIpc) is 2.91. The van der Waals surface area contributed by atoms with E-state index in [1.807, 2.05) is 19.9 Å². The van der Waals surface area contributed by atoms with Gasteiger partial charge in [0.25, 0.3) is 17.3 Å². The largest absolute Gasteiger partial charge is 0.298 e. The molecule has 0 aliphatic carbocycles. The lowest BCUT2D eigenvalue weighted by Crippen LogP contribution is -2.17. The van der Waals surface area contributed by atoms with Gasteiger partial charge in [-0.25, -0.2) is 4.98 Å². The zero-order chi connectivity index (χ0) is 17.3. The van der Waals surface area contributed by atoms with Crippen LogP contribution in [0.4, 0.5) is 5.95 Å². The number of thioether (sulfide) groups is 1. The van der Waals surface area contributed by atoms with Gasteiger partial charge in [0.15, 0.2) is 5.16 Å². The topological polar surface area (TPSA) is 131 Å². The number of nitrogens with zero attached hydrogens (tertiary/aromatic N) is 6. The molecule has 0 unspecified atom stereocenters. The van der Waals surface area contributed by atoms with E-state index >= 15 is 0 Å². The maximum absolute atomic E-state index is 12.0. The number of hydrogen-bond donors (Lipinski definition) is 2. The molecule has 0 aliphatic rings. The van der Waals surface area contributed by atoms with Crippen LogP contribution in [0.5, 0.6) is 0 Å². The highest BCUT2D eigenvalue weighted by molar-refractivity contribution is 7.99. The third-order valence-corrected chi connectivity index (χ3v) is 3.91. The summed E-state index contributed by atoms with van der Waals surface area (Å²) in [7, 11) is 0. The van der Waals surface area contributed by atoms with Crippen molar-refractivity contribution in [2.24, 2.45) is 0 Å². The van der Waals surface area contributed by atoms with Gasteiger partial charge in [0.1, 0.15) is 5.69 Å². The summed E-state index contributed by atoms with van der Waals surface area (Å²) >= 11 is 1.06. The van der Waals surface area contributed by atoms with Gasteiger partial charge in [-0.05, 0) is 26.8 Å². The lowest BCUT2D eigenvalue weighted by atomic mass is 10.4. The Kier molecular flexibility index (Phi) is 4.25. The predicted octanol–water partition coefficient (Wildman–Crippen LogP) is 0.259. The summed E-state index contributed by atoms with van der Waals surface area (Å²) in [6.45, 7) is 5.30. The van der Waals surface area contributed by atoms with Crippen molar-refractivity contribution in [2.45, 2.75) is 25.9 Å². The van der Waals surface area contributed by atoms with Crippen LogP contribution in [0.3, 0.4) is 0 Å². The molecule has 0 aromatic carbocycles. The molecule has 0 saturated carbocycles. The van der Waals surface area contributed by atoms with Gasteiger partial charge in [-0.1, -0.05) is 11.8 Å². The van der Waals surface area contributed by atoms with Crippen LogP contribution in [0.25, 0.3) is 5.78 Å². The number of amides is 1. The first kappa shape index (κ1) is 16.1. The Bertz CT molecular complexity index is 980. The standard InChI is InChI=1S/C13H14N8O2S/c1-6-4-7(2)21-12(14-6)17-11(20-21)15-9(22)5-24-13-16-10(23)8(3)18-19-13/h4H,5H2,1-3H3,(H,15,20,22)(H,16,19,23). The van der Waals surface area contributed by atoms with E-state index in [0.717, 1.165) is 23.1 Å². The fraction of sp³-hybridized carbons (Fsp3) is 0.308. The molecule has 11 heteroatoms. The molecule has 0 atom stereocenters. The van der Waals surface area contributed by atoms with Crippen LogP contribution in [0.15, 0.2) is 16.0 Å². The fourth-order valence-electron chi connectivity index (χ4n) is 1.96. The van der Waals surface area contributed by atoms with E-state index in [1.54, 1.807) is 11.4 Å². The lowest BCUT2D eigenvalue weighted by molar-refractivity contribution is -0.113. The monoisotopic (exact) mass is 346 g/mol. The van der Waals surface area contributed by atoms with E-state index in [9.17, 15) is 9.59 Å². The number of aromatic nitrogens is 7. The number of nitrogens with one attached hydrogen (secondary N) is 2. The van der Waals surface area contributed by atoms with Crippen LogP contribution in [0.1, 0.15) is 17.1 Å². The molecule has 0 saturated heterocycles. The van der Waals surface area contributed by atoms with Gasteiger partial charge in [-0.15, -0.1) is 15.3 Å². The maximum Gasteiger partial charge on any atom is 0.273 e. The van der Waals surface area contributed by atoms with E-state index in [2.05, 4.69) is 35.6 Å². The minimum absolute atomic E-state index is 0.0364. The number of H-pyrrole nitrogens is 1. The molecule has 0 spiro atoms. The lowest BCUT2D eigenvalue weighted by Gasteiger charge is -2.00. The van der Waals surface area contributed by atoms with Crippen LogP contribution >= 0.6 is 11.8 Å². The molecule has 3 heterocycles. The molecule has 0 radical (unpaired) electrons. The first-order valence-electron chi connectivity index (χ1n) is 6.99. The summed E-state index contributed by atoms with van der Waals surface area (Å²) in [5.74, 6) is 0.303. The summed E-state index contributed by atoms with van der Waals surface area (Å²) in [6.07, 6.45) is 0. The molecular weight excluding hydrogens is 332 g/mol. The van der Waals surface area contributed by atoms with Crippen LogP contribution in [0, 0.1) is 20.8 Å². The third-order valence-electron chi connectivity index (χ3n) is 3.05. The van der Waals surface area contributed by atoms with Crippen molar-refractivity contribution in [3.63, 3.8) is 0 Å². The predicted molar refractivity (Wildman–Crippen MR) is 87.0 cm³/mol. The van der Waals surface area contributed by atoms with Crippen molar-refractivity contribution in [2.75, 3.05) is 11.1 Å². The summed E-state index contributed by atoms with van der Waals surface area (Å²) < 4.78 is 1.55. The molecule has 2 N–H and O–H groups in total. The van der Waals surface area contributed by atoms with Crippen molar-refractivity contribution in [3.8, 4) is 0 Å². The fourth-order valence-corrected chi connectivity index (χ4v) is 2.56. The molecule has 24 heavy (non-hydrogen) atoms. The quantitative estimate of drug-likeness (QED) is 0.643. The molecule has 10 nitrogen and oxygen atoms in total. The SMILES string of the molecule is Cc1cc(C)n2nc(NC(=O)CSc3nnc(C)c(=O)[nH]3)nc2n1. The number of hydrogen-bond acceptors (Lipinski definition) is 8. The number of anilines is 1. The molecule has 3 rings (SSSR count). The Hall–Kier alpha value is -2.82. The summed E-state index contributed by atoms with van der Waals surface area (Å²) in [6, 6.07) is 1.87. The smallest absolute Gasteiger partial charge is 0.273 e. The Morgan fingerprint density at radius 3 is 2.83 bits per heavy atom. The third kappa shape index (κ3) is 3.40. The molecule has 1 amide bonds. The Morgan fingerprint density at radius 1 is 1.29 bits per heavy atom. The first-order chi connectivity index (χ1) is 11.4. The zero-order valence-corrected chi connectivity index (χ0v) is 14.0. The highest BCUT2D eigenvalue weighted by Gasteiger charge is 2.12. The van der Waals surface area contributed by atoms with Crippen molar-refractivity contribution in [1.82, 2.24) is 34.8 Å². The summed E-state index contributed by atoms with van der Waals surface area (Å²) in [4.78, 5) is 34.4. The second kappa shape index (κ2) is 6.35. The number of carbonyl (C=O) groups excluding carboxylic acids is 1. The van der Waals surface area contributed by atoms with Gasteiger partial charge in [0.2, 0.25) is 5.91 Å². The number of aromatic amines is 1. The maximum atomic E-state index is 12.0. The Balaban J connectivity index is 1.67. The molecule has 3 aromatic heterocycles. The minimum atomic E-state index is -0.327. The number of fused-ring (bicyclic) bond motifs is 1. The van der Waals surface area contributed by atoms with Crippen molar-refractivity contribution in [1.29, 1.82) is 0 Å². The first-order valence-corrected chi connectivity index (χ1v) is 7.98. The molecule has 3 aromatic rings. The Morgan fingerprint density at radius 2 is 2.08 bits per heavy atom. The van der Waals surface area contributed by atoms with Gasteiger partial charge in [-0.2, -0.15) is 9.50 Å². The minimum Gasteiger partial charge on any atom is -0.298 e. The van der Waals surface area contributed by atoms with Crippen molar-refractivity contribution >= 4 is 29.4 Å². The van der Waals surface area contributed by atoms with E-state index in [1.165, 1.54) is 0 Å². The van der Waals surface area contributed by atoms with E-state index in [0.29, 0.717) is 5.78 Å². The molecular formula is C13H14N8O2S. The van der Waals surface area contributed by atoms with Gasteiger partial charge in [-0.3, -0.25) is 19.9 Å². The Labute approximate surface area is 140 Å².